The minimum Gasteiger partial charge on any atom is -0.353 e. The van der Waals surface area contributed by atoms with Gasteiger partial charge in [-0.15, -0.1) is 0 Å². The molecule has 1 fully saturated rings. The van der Waals surface area contributed by atoms with Gasteiger partial charge in [0, 0.05) is 49.7 Å². The fourth-order valence-electron chi connectivity index (χ4n) is 5.06. The predicted octanol–water partition coefficient (Wildman–Crippen LogP) is 6.99. The Labute approximate surface area is 215 Å². The molecule has 0 bridgehead atoms. The van der Waals surface area contributed by atoms with E-state index in [9.17, 15) is 0 Å². The van der Waals surface area contributed by atoms with Crippen LogP contribution in [0.1, 0.15) is 33.4 Å². The van der Waals surface area contributed by atoms with E-state index in [1.165, 1.54) is 55.6 Å². The average molecular weight is 477 g/mol. The first kappa shape index (κ1) is 24.1. The molecule has 184 valence electrons. The van der Waals surface area contributed by atoms with Crippen LogP contribution >= 0.6 is 0 Å². The Morgan fingerprint density at radius 1 is 0.472 bits per heavy atom. The number of anilines is 2. The second-order valence-corrected chi connectivity index (χ2v) is 10.3. The molecule has 36 heavy (non-hydrogen) atoms. The minimum atomic E-state index is 0.939. The third-order valence-corrected chi connectivity index (χ3v) is 7.94. The van der Waals surface area contributed by atoms with E-state index in [-0.39, 0.29) is 0 Å². The molecule has 0 aliphatic carbocycles. The van der Waals surface area contributed by atoms with Crippen molar-refractivity contribution in [1.82, 2.24) is 9.97 Å². The zero-order chi connectivity index (χ0) is 25.4. The summed E-state index contributed by atoms with van der Waals surface area (Å²) >= 11 is 0. The van der Waals surface area contributed by atoms with Crippen LogP contribution in [0.15, 0.2) is 60.9 Å². The van der Waals surface area contributed by atoms with E-state index < -0.39 is 0 Å². The highest BCUT2D eigenvalue weighted by Gasteiger charge is 2.19. The van der Waals surface area contributed by atoms with Crippen LogP contribution in [0, 0.1) is 41.5 Å². The molecule has 0 unspecified atom stereocenters. The highest BCUT2D eigenvalue weighted by atomic mass is 15.3. The number of benzene rings is 2. The van der Waals surface area contributed by atoms with Crippen LogP contribution < -0.4 is 9.80 Å². The van der Waals surface area contributed by atoms with Crippen molar-refractivity contribution in [3.63, 3.8) is 0 Å². The van der Waals surface area contributed by atoms with Gasteiger partial charge in [-0.1, -0.05) is 24.3 Å². The maximum Gasteiger partial charge on any atom is 0.128 e. The Bertz CT molecular complexity index is 1220. The summed E-state index contributed by atoms with van der Waals surface area (Å²) in [5, 5.41) is 0. The Hall–Kier alpha value is -3.66. The van der Waals surface area contributed by atoms with Crippen LogP contribution in [0.25, 0.3) is 22.3 Å². The van der Waals surface area contributed by atoms with Gasteiger partial charge in [-0.2, -0.15) is 0 Å². The summed E-state index contributed by atoms with van der Waals surface area (Å²) in [6.07, 6.45) is 4.03. The number of pyridine rings is 2. The van der Waals surface area contributed by atoms with Gasteiger partial charge in [-0.3, -0.25) is 0 Å². The third kappa shape index (κ3) is 4.73. The first-order chi connectivity index (χ1) is 17.3. The summed E-state index contributed by atoms with van der Waals surface area (Å²) in [4.78, 5) is 14.4. The number of aryl methyl sites for hydroxylation is 4. The van der Waals surface area contributed by atoms with Gasteiger partial charge in [-0.05, 0) is 110 Å². The highest BCUT2D eigenvalue weighted by Crippen LogP contribution is 2.28. The summed E-state index contributed by atoms with van der Waals surface area (Å²) < 4.78 is 0. The van der Waals surface area contributed by atoms with Gasteiger partial charge in [0.2, 0.25) is 0 Å². The first-order valence-corrected chi connectivity index (χ1v) is 12.9. The van der Waals surface area contributed by atoms with Gasteiger partial charge >= 0.3 is 0 Å². The van der Waals surface area contributed by atoms with Crippen molar-refractivity contribution in [2.24, 2.45) is 0 Å². The Morgan fingerprint density at radius 3 is 1.08 bits per heavy atom. The second-order valence-electron chi connectivity index (χ2n) is 10.3. The van der Waals surface area contributed by atoms with Crippen LogP contribution in [-0.2, 0) is 0 Å². The maximum absolute atomic E-state index is 4.82. The molecule has 0 N–H and O–H groups in total. The SMILES string of the molecule is Cc1cc(-c2ccc(N3CCN(c4ccc(-c5cc(C)c(C)c(C)c5)cn4)CC3)nc2)cc(C)c1C. The molecule has 4 heteroatoms. The molecule has 0 atom stereocenters. The summed E-state index contributed by atoms with van der Waals surface area (Å²) in [5.41, 5.74) is 12.9. The highest BCUT2D eigenvalue weighted by molar-refractivity contribution is 5.68. The molecule has 2 aromatic carbocycles. The van der Waals surface area contributed by atoms with E-state index in [2.05, 4.69) is 99.9 Å². The third-order valence-electron chi connectivity index (χ3n) is 7.94. The zero-order valence-electron chi connectivity index (χ0n) is 22.4. The lowest BCUT2D eigenvalue weighted by Crippen LogP contribution is -2.47. The number of piperazine rings is 1. The lowest BCUT2D eigenvalue weighted by molar-refractivity contribution is 0.642. The van der Waals surface area contributed by atoms with Gasteiger partial charge in [0.05, 0.1) is 0 Å². The Kier molecular flexibility index (Phi) is 6.53. The van der Waals surface area contributed by atoms with Crippen LogP contribution in [0.4, 0.5) is 11.6 Å². The zero-order valence-corrected chi connectivity index (χ0v) is 22.4. The molecular formula is C32H36N4. The van der Waals surface area contributed by atoms with Crippen LogP contribution in [-0.4, -0.2) is 36.1 Å². The Morgan fingerprint density at radius 2 is 0.806 bits per heavy atom. The number of rotatable bonds is 4. The summed E-state index contributed by atoms with van der Waals surface area (Å²) in [7, 11) is 0. The molecule has 4 nitrogen and oxygen atoms in total. The van der Waals surface area contributed by atoms with Crippen LogP contribution in [0.2, 0.25) is 0 Å². The number of aromatic nitrogens is 2. The molecule has 1 aliphatic rings. The quantitative estimate of drug-likeness (QED) is 0.318. The van der Waals surface area contributed by atoms with Crippen LogP contribution in [0.5, 0.6) is 0 Å². The predicted molar refractivity (Wildman–Crippen MR) is 152 cm³/mol. The monoisotopic (exact) mass is 476 g/mol. The molecule has 1 saturated heterocycles. The van der Waals surface area contributed by atoms with Crippen molar-refractivity contribution in [3.05, 3.63) is 94.3 Å². The molecule has 1 aliphatic heterocycles. The van der Waals surface area contributed by atoms with E-state index in [1.54, 1.807) is 0 Å². The van der Waals surface area contributed by atoms with Crippen molar-refractivity contribution in [3.8, 4) is 22.3 Å². The van der Waals surface area contributed by atoms with E-state index in [0.29, 0.717) is 0 Å². The molecule has 0 saturated carbocycles. The number of nitrogens with zero attached hydrogens (tertiary/aromatic N) is 4. The molecule has 4 aromatic rings. The van der Waals surface area contributed by atoms with Gasteiger partial charge < -0.3 is 9.80 Å². The molecular weight excluding hydrogens is 440 g/mol. The van der Waals surface area contributed by atoms with Crippen molar-refractivity contribution < 1.29 is 0 Å². The van der Waals surface area contributed by atoms with Gasteiger partial charge in [0.25, 0.3) is 0 Å². The average Bonchev–Trinajstić information content (AvgIpc) is 2.90. The van der Waals surface area contributed by atoms with Crippen molar-refractivity contribution in [2.45, 2.75) is 41.5 Å². The lowest BCUT2D eigenvalue weighted by Gasteiger charge is -2.36. The topological polar surface area (TPSA) is 32.3 Å². The molecule has 2 aromatic heterocycles. The van der Waals surface area contributed by atoms with E-state index in [1.807, 2.05) is 12.4 Å². The van der Waals surface area contributed by atoms with Gasteiger partial charge in [0.1, 0.15) is 11.6 Å². The summed E-state index contributed by atoms with van der Waals surface area (Å²) in [6.45, 7) is 16.9. The molecule has 0 spiro atoms. The van der Waals surface area contributed by atoms with Gasteiger partial charge in [-0.25, -0.2) is 9.97 Å². The van der Waals surface area contributed by atoms with Crippen molar-refractivity contribution >= 4 is 11.6 Å². The number of hydrogen-bond acceptors (Lipinski definition) is 4. The second kappa shape index (κ2) is 9.77. The van der Waals surface area contributed by atoms with Gasteiger partial charge in [0.15, 0.2) is 0 Å². The summed E-state index contributed by atoms with van der Waals surface area (Å²) in [5.74, 6) is 2.10. The fourth-order valence-corrected chi connectivity index (χ4v) is 5.06. The van der Waals surface area contributed by atoms with E-state index in [4.69, 9.17) is 9.97 Å². The lowest BCUT2D eigenvalue weighted by atomic mass is 9.97. The molecule has 0 amide bonds. The Balaban J connectivity index is 1.23. The van der Waals surface area contributed by atoms with Crippen molar-refractivity contribution in [1.29, 1.82) is 0 Å². The standard InChI is InChI=1S/C32H36N4/c1-21-15-29(16-22(2)25(21)5)27-7-9-31(33-19-27)35-11-13-36(14-12-35)32-10-8-28(20-34-32)30-17-23(3)26(6)24(4)18-30/h7-10,15-20H,11-14H2,1-6H3. The maximum atomic E-state index is 4.82. The fraction of sp³-hybridized carbons (Fsp3) is 0.312. The molecule has 0 radical (unpaired) electrons. The number of hydrogen-bond donors (Lipinski definition) is 0. The van der Waals surface area contributed by atoms with E-state index >= 15 is 0 Å². The first-order valence-electron chi connectivity index (χ1n) is 12.9. The van der Waals surface area contributed by atoms with Crippen LogP contribution in [0.3, 0.4) is 0 Å². The normalized spacial score (nSPS) is 13.8. The minimum absolute atomic E-state index is 0.939. The molecule has 5 rings (SSSR count). The smallest absolute Gasteiger partial charge is 0.128 e. The van der Waals surface area contributed by atoms with E-state index in [0.717, 1.165) is 37.8 Å². The summed E-state index contributed by atoms with van der Waals surface area (Å²) in [6, 6.07) is 17.8. The van der Waals surface area contributed by atoms with Crippen molar-refractivity contribution in [2.75, 3.05) is 36.0 Å². The molecule has 3 heterocycles. The largest absolute Gasteiger partial charge is 0.353 e.